The second kappa shape index (κ2) is 4.89. The van der Waals surface area contributed by atoms with E-state index in [2.05, 4.69) is 0 Å². The van der Waals surface area contributed by atoms with Crippen LogP contribution in [0.2, 0.25) is 0 Å². The van der Waals surface area contributed by atoms with E-state index in [9.17, 15) is 19.6 Å². The summed E-state index contributed by atoms with van der Waals surface area (Å²) in [5.41, 5.74) is 0.254. The Hall–Kier alpha value is -1.69. The van der Waals surface area contributed by atoms with Crippen LogP contribution in [0.1, 0.15) is 13.3 Å². The monoisotopic (exact) mass is 254 g/mol. The molecule has 0 radical (unpaired) electrons. The highest BCUT2D eigenvalue weighted by Gasteiger charge is 2.25. The van der Waals surface area contributed by atoms with E-state index in [0.29, 0.717) is 25.2 Å². The summed E-state index contributed by atoms with van der Waals surface area (Å²) in [4.78, 5) is 12.0. The molecule has 1 heterocycles. The van der Waals surface area contributed by atoms with Crippen LogP contribution in [0.25, 0.3) is 0 Å². The lowest BCUT2D eigenvalue weighted by Crippen LogP contribution is -2.42. The minimum Gasteiger partial charge on any atom is -0.393 e. The molecular weight excluding hydrogens is 239 g/mol. The van der Waals surface area contributed by atoms with Gasteiger partial charge in [-0.15, -0.1) is 0 Å². The lowest BCUT2D eigenvalue weighted by molar-refractivity contribution is -0.385. The first-order valence-electron chi connectivity index (χ1n) is 5.85. The van der Waals surface area contributed by atoms with Crippen molar-refractivity contribution in [2.45, 2.75) is 19.4 Å². The molecule has 1 aromatic carbocycles. The Bertz CT molecular complexity index is 467. The number of anilines is 1. The van der Waals surface area contributed by atoms with Gasteiger partial charge in [-0.05, 0) is 18.4 Å². The number of piperidine rings is 1. The van der Waals surface area contributed by atoms with Crippen LogP contribution in [-0.4, -0.2) is 29.2 Å². The highest BCUT2D eigenvalue weighted by molar-refractivity contribution is 5.54. The second-order valence-corrected chi connectivity index (χ2v) is 4.70. The van der Waals surface area contributed by atoms with E-state index in [1.807, 2.05) is 11.8 Å². The third-order valence-corrected chi connectivity index (χ3v) is 3.30. The molecule has 0 bridgehead atoms. The van der Waals surface area contributed by atoms with Gasteiger partial charge in [0.1, 0.15) is 5.82 Å². The summed E-state index contributed by atoms with van der Waals surface area (Å²) in [5.74, 6) is -0.543. The van der Waals surface area contributed by atoms with Crippen LogP contribution < -0.4 is 4.90 Å². The van der Waals surface area contributed by atoms with E-state index in [4.69, 9.17) is 0 Å². The molecule has 1 N–H and O–H groups in total. The van der Waals surface area contributed by atoms with Gasteiger partial charge in [0.2, 0.25) is 0 Å². The Balaban J connectivity index is 2.25. The Labute approximate surface area is 104 Å². The molecule has 1 aliphatic heterocycles. The fourth-order valence-electron chi connectivity index (χ4n) is 2.21. The normalized spacial score (nSPS) is 24.1. The molecule has 1 fully saturated rings. The van der Waals surface area contributed by atoms with Gasteiger partial charge < -0.3 is 10.0 Å². The molecule has 0 saturated carbocycles. The van der Waals surface area contributed by atoms with Gasteiger partial charge in [0.05, 0.1) is 17.1 Å². The van der Waals surface area contributed by atoms with E-state index in [1.54, 1.807) is 0 Å². The van der Waals surface area contributed by atoms with Gasteiger partial charge in [0.15, 0.2) is 0 Å². The van der Waals surface area contributed by atoms with Crippen LogP contribution in [-0.2, 0) is 0 Å². The fraction of sp³-hybridized carbons (Fsp3) is 0.500. The molecule has 0 spiro atoms. The average Bonchev–Trinajstić information content (AvgIpc) is 2.31. The van der Waals surface area contributed by atoms with Crippen molar-refractivity contribution in [3.05, 3.63) is 34.1 Å². The van der Waals surface area contributed by atoms with Gasteiger partial charge in [-0.25, -0.2) is 4.39 Å². The van der Waals surface area contributed by atoms with E-state index in [0.717, 1.165) is 6.07 Å². The molecule has 5 nitrogen and oxygen atoms in total. The fourth-order valence-corrected chi connectivity index (χ4v) is 2.21. The third kappa shape index (κ3) is 2.59. The number of hydrogen-bond donors (Lipinski definition) is 1. The summed E-state index contributed by atoms with van der Waals surface area (Å²) in [6.45, 7) is 3.05. The first kappa shape index (κ1) is 12.8. The largest absolute Gasteiger partial charge is 0.393 e. The van der Waals surface area contributed by atoms with Crippen LogP contribution in [0.15, 0.2) is 18.2 Å². The number of hydrogen-bond acceptors (Lipinski definition) is 4. The SMILES string of the molecule is CC1CN(c2cc(F)cc([N+](=O)[O-])c2)CCC1O. The number of nitrogens with zero attached hydrogens (tertiary/aromatic N) is 2. The minimum atomic E-state index is -0.613. The maximum absolute atomic E-state index is 13.3. The van der Waals surface area contributed by atoms with Gasteiger partial charge in [-0.1, -0.05) is 6.92 Å². The summed E-state index contributed by atoms with van der Waals surface area (Å²) in [5, 5.41) is 20.3. The Morgan fingerprint density at radius 3 is 2.83 bits per heavy atom. The number of halogens is 1. The van der Waals surface area contributed by atoms with Crippen molar-refractivity contribution >= 4 is 11.4 Å². The van der Waals surface area contributed by atoms with Crippen molar-refractivity contribution in [1.29, 1.82) is 0 Å². The van der Waals surface area contributed by atoms with Crippen LogP contribution in [0, 0.1) is 21.8 Å². The quantitative estimate of drug-likeness (QED) is 0.647. The highest BCUT2D eigenvalue weighted by atomic mass is 19.1. The van der Waals surface area contributed by atoms with E-state index in [-0.39, 0.29) is 17.7 Å². The summed E-state index contributed by atoms with van der Waals surface area (Å²) >= 11 is 0. The molecule has 1 aromatic rings. The summed E-state index contributed by atoms with van der Waals surface area (Å²) in [7, 11) is 0. The molecule has 2 atom stereocenters. The zero-order valence-corrected chi connectivity index (χ0v) is 10.0. The van der Waals surface area contributed by atoms with Crippen LogP contribution >= 0.6 is 0 Å². The predicted molar refractivity (Wildman–Crippen MR) is 65.1 cm³/mol. The molecule has 6 heteroatoms. The van der Waals surface area contributed by atoms with Crippen LogP contribution in [0.5, 0.6) is 0 Å². The average molecular weight is 254 g/mol. The molecule has 2 unspecified atom stereocenters. The number of benzene rings is 1. The highest BCUT2D eigenvalue weighted by Crippen LogP contribution is 2.27. The van der Waals surface area contributed by atoms with Crippen molar-refractivity contribution < 1.29 is 14.4 Å². The zero-order valence-electron chi connectivity index (χ0n) is 10.0. The number of nitro groups is 1. The van der Waals surface area contributed by atoms with Crippen molar-refractivity contribution in [3.8, 4) is 0 Å². The second-order valence-electron chi connectivity index (χ2n) is 4.70. The summed E-state index contributed by atoms with van der Waals surface area (Å²) in [6.07, 6.45) is 0.232. The third-order valence-electron chi connectivity index (χ3n) is 3.30. The number of aliphatic hydroxyl groups excluding tert-OH is 1. The lowest BCUT2D eigenvalue weighted by Gasteiger charge is -2.35. The topological polar surface area (TPSA) is 66.6 Å². The van der Waals surface area contributed by atoms with E-state index < -0.39 is 10.7 Å². The number of rotatable bonds is 2. The molecule has 98 valence electrons. The van der Waals surface area contributed by atoms with E-state index >= 15 is 0 Å². The van der Waals surface area contributed by atoms with Crippen LogP contribution in [0.3, 0.4) is 0 Å². The van der Waals surface area contributed by atoms with Gasteiger partial charge in [0, 0.05) is 24.8 Å². The molecule has 18 heavy (non-hydrogen) atoms. The Morgan fingerprint density at radius 1 is 1.50 bits per heavy atom. The van der Waals surface area contributed by atoms with Crippen LogP contribution in [0.4, 0.5) is 15.8 Å². The smallest absolute Gasteiger partial charge is 0.274 e. The molecule has 1 saturated heterocycles. The molecule has 0 aromatic heterocycles. The standard InChI is InChI=1S/C12H15FN2O3/c1-8-7-14(3-2-12(8)16)10-4-9(13)5-11(6-10)15(17)18/h4-6,8,12,16H,2-3,7H2,1H3. The molecule has 0 amide bonds. The van der Waals surface area contributed by atoms with E-state index in [1.165, 1.54) is 12.1 Å². The zero-order chi connectivity index (χ0) is 13.3. The number of aliphatic hydroxyl groups is 1. The van der Waals surface area contributed by atoms with Crippen molar-refractivity contribution in [3.63, 3.8) is 0 Å². The molecule has 0 aliphatic carbocycles. The summed E-state index contributed by atoms with van der Waals surface area (Å²) in [6, 6.07) is 3.57. The molecular formula is C12H15FN2O3. The molecule has 1 aliphatic rings. The van der Waals surface area contributed by atoms with Gasteiger partial charge in [0.25, 0.3) is 5.69 Å². The van der Waals surface area contributed by atoms with Gasteiger partial charge in [-0.3, -0.25) is 10.1 Å². The van der Waals surface area contributed by atoms with Gasteiger partial charge in [-0.2, -0.15) is 0 Å². The number of nitro benzene ring substituents is 1. The number of non-ortho nitro benzene ring substituents is 1. The van der Waals surface area contributed by atoms with Crippen molar-refractivity contribution in [2.24, 2.45) is 5.92 Å². The summed E-state index contributed by atoms with van der Waals surface area (Å²) < 4.78 is 13.3. The van der Waals surface area contributed by atoms with Gasteiger partial charge >= 0.3 is 0 Å². The Kier molecular flexibility index (Phi) is 3.47. The van der Waals surface area contributed by atoms with Crippen molar-refractivity contribution in [2.75, 3.05) is 18.0 Å². The molecule has 2 rings (SSSR count). The Morgan fingerprint density at radius 2 is 2.22 bits per heavy atom. The van der Waals surface area contributed by atoms with Crippen molar-refractivity contribution in [1.82, 2.24) is 0 Å². The lowest BCUT2D eigenvalue weighted by atomic mass is 9.96. The first-order valence-corrected chi connectivity index (χ1v) is 5.85. The predicted octanol–water partition coefficient (Wildman–Crippen LogP) is 1.94. The maximum atomic E-state index is 13.3. The first-order chi connectivity index (χ1) is 8.47. The minimum absolute atomic E-state index is 0.0704. The maximum Gasteiger partial charge on any atom is 0.274 e.